The minimum absolute atomic E-state index is 0.00202. The second-order valence-electron chi connectivity index (χ2n) is 8.08. The number of pyridine rings is 1. The van der Waals surface area contributed by atoms with E-state index in [-0.39, 0.29) is 16.8 Å². The first-order valence-electron chi connectivity index (χ1n) is 11.0. The predicted octanol–water partition coefficient (Wildman–Crippen LogP) is 4.79. The van der Waals surface area contributed by atoms with Gasteiger partial charge < -0.3 is 5.11 Å². The number of rotatable bonds is 6. The molecule has 11 heteroatoms. The van der Waals surface area contributed by atoms with Crippen molar-refractivity contribution in [2.45, 2.75) is 6.04 Å². The van der Waals surface area contributed by atoms with Crippen molar-refractivity contribution < 1.29 is 19.6 Å². The number of nitrogens with one attached hydrogen (secondary N) is 1. The van der Waals surface area contributed by atoms with E-state index in [1.807, 2.05) is 65.6 Å². The van der Waals surface area contributed by atoms with E-state index in [4.69, 9.17) is 0 Å². The maximum absolute atomic E-state index is 13.7. The van der Waals surface area contributed by atoms with Crippen LogP contribution in [0.2, 0.25) is 0 Å². The number of hydrogen-bond donors (Lipinski definition) is 2. The highest BCUT2D eigenvalue weighted by Gasteiger charge is 2.42. The monoisotopic (exact) mass is 495 g/mol. The van der Waals surface area contributed by atoms with Crippen molar-refractivity contribution in [1.29, 1.82) is 0 Å². The number of aromatic nitrogens is 1. The predicted molar refractivity (Wildman–Crippen MR) is 131 cm³/mol. The summed E-state index contributed by atoms with van der Waals surface area (Å²) in [4.78, 5) is 52.6. The summed E-state index contributed by atoms with van der Waals surface area (Å²) in [5.41, 5.74) is -0.560. The third-order valence-corrected chi connectivity index (χ3v) is 5.86. The van der Waals surface area contributed by atoms with Crippen molar-refractivity contribution in [1.82, 2.24) is 9.88 Å². The van der Waals surface area contributed by atoms with Crippen LogP contribution in [0.3, 0.4) is 0 Å². The van der Waals surface area contributed by atoms with E-state index < -0.39 is 45.6 Å². The van der Waals surface area contributed by atoms with Crippen molar-refractivity contribution in [3.63, 3.8) is 0 Å². The van der Waals surface area contributed by atoms with Crippen molar-refractivity contribution in [3.8, 4) is 5.88 Å². The molecular formula is C26H17N5O6. The molecule has 3 aromatic carbocycles. The van der Waals surface area contributed by atoms with Crippen LogP contribution in [0.1, 0.15) is 37.9 Å². The van der Waals surface area contributed by atoms with Crippen LogP contribution in [0.4, 0.5) is 17.1 Å². The topological polar surface area (TPSA) is 158 Å². The van der Waals surface area contributed by atoms with Crippen LogP contribution in [-0.4, -0.2) is 31.7 Å². The fraction of sp³-hybridized carbons (Fsp3) is 0.0385. The first-order valence-corrected chi connectivity index (χ1v) is 11.0. The van der Waals surface area contributed by atoms with Gasteiger partial charge >= 0.3 is 5.69 Å². The standard InChI is InChI=1S/C26H17N5O6/c32-23-19(14-20(31(36)37)24(33)27-23)29-28-18-13-7-12-17-21(18)26(35)30(25(17)34)22(15-8-3-1-4-9-15)16-10-5-2-6-11-16/h1-14,22H,(H2,27,32,33). The molecule has 0 saturated carbocycles. The molecule has 0 radical (unpaired) electrons. The molecule has 1 aliphatic rings. The third-order valence-electron chi connectivity index (χ3n) is 5.86. The van der Waals surface area contributed by atoms with E-state index >= 15 is 0 Å². The molecule has 0 spiro atoms. The minimum atomic E-state index is -0.920. The van der Waals surface area contributed by atoms with Gasteiger partial charge in [-0.2, -0.15) is 0 Å². The van der Waals surface area contributed by atoms with Crippen LogP contribution in [-0.2, 0) is 0 Å². The Balaban J connectivity index is 1.58. The number of amides is 2. The molecule has 0 fully saturated rings. The zero-order valence-corrected chi connectivity index (χ0v) is 18.9. The number of hydrogen-bond acceptors (Lipinski definition) is 8. The fourth-order valence-electron chi connectivity index (χ4n) is 4.18. The van der Waals surface area contributed by atoms with E-state index in [0.717, 1.165) is 22.1 Å². The summed E-state index contributed by atoms with van der Waals surface area (Å²) < 4.78 is 0. The normalized spacial score (nSPS) is 12.9. The summed E-state index contributed by atoms with van der Waals surface area (Å²) in [7, 11) is 0. The first kappa shape index (κ1) is 23.3. The Bertz CT molecular complexity index is 1590. The molecule has 4 aromatic rings. The zero-order valence-electron chi connectivity index (χ0n) is 18.9. The van der Waals surface area contributed by atoms with E-state index in [9.17, 15) is 29.6 Å². The van der Waals surface area contributed by atoms with Crippen molar-refractivity contribution in [2.75, 3.05) is 0 Å². The summed E-state index contributed by atoms with van der Waals surface area (Å²) >= 11 is 0. The van der Waals surface area contributed by atoms with Gasteiger partial charge in [0.25, 0.3) is 23.3 Å². The molecule has 2 amide bonds. The molecule has 182 valence electrons. The first-order chi connectivity index (χ1) is 17.9. The fourth-order valence-corrected chi connectivity index (χ4v) is 4.18. The Hall–Kier alpha value is -5.45. The third kappa shape index (κ3) is 4.14. The molecule has 11 nitrogen and oxygen atoms in total. The van der Waals surface area contributed by atoms with E-state index in [1.165, 1.54) is 18.2 Å². The lowest BCUT2D eigenvalue weighted by atomic mass is 9.97. The highest BCUT2D eigenvalue weighted by atomic mass is 16.6. The van der Waals surface area contributed by atoms with Gasteiger partial charge in [-0.25, -0.2) is 0 Å². The average Bonchev–Trinajstić information content (AvgIpc) is 3.15. The molecular weight excluding hydrogens is 478 g/mol. The summed E-state index contributed by atoms with van der Waals surface area (Å²) in [5, 5.41) is 28.4. The SMILES string of the molecule is O=C1c2cccc(N=Nc3cc([N+](=O)[O-])c(O)[nH]c3=O)c2C(=O)N1C(c1ccccc1)c1ccccc1. The smallest absolute Gasteiger partial charge is 0.331 e. The van der Waals surface area contributed by atoms with Crippen molar-refractivity contribution in [2.24, 2.45) is 10.2 Å². The van der Waals surface area contributed by atoms with E-state index in [1.54, 1.807) is 0 Å². The Kier molecular flexibility index (Phi) is 5.86. The van der Waals surface area contributed by atoms with Crippen molar-refractivity contribution >= 4 is 28.9 Å². The molecule has 1 aliphatic heterocycles. The van der Waals surface area contributed by atoms with Gasteiger partial charge in [-0.05, 0) is 23.3 Å². The number of nitrogens with zero attached hydrogens (tertiary/aromatic N) is 4. The second-order valence-corrected chi connectivity index (χ2v) is 8.08. The molecule has 0 saturated heterocycles. The molecule has 0 atom stereocenters. The lowest BCUT2D eigenvalue weighted by Gasteiger charge is -2.27. The highest BCUT2D eigenvalue weighted by molar-refractivity contribution is 6.23. The molecule has 2 heterocycles. The van der Waals surface area contributed by atoms with Crippen LogP contribution in [0.25, 0.3) is 0 Å². The van der Waals surface area contributed by atoms with Gasteiger partial charge in [0, 0.05) is 0 Å². The van der Waals surface area contributed by atoms with Crippen molar-refractivity contribution in [3.05, 3.63) is 128 Å². The summed E-state index contributed by atoms with van der Waals surface area (Å²) in [5.74, 6) is -2.04. The van der Waals surface area contributed by atoms with Crippen LogP contribution in [0, 0.1) is 10.1 Å². The number of aromatic hydroxyl groups is 1. The summed E-state index contributed by atoms with van der Waals surface area (Å²) in [6.45, 7) is 0. The summed E-state index contributed by atoms with van der Waals surface area (Å²) in [6, 6.07) is 22.8. The van der Waals surface area contributed by atoms with Crippen LogP contribution >= 0.6 is 0 Å². The Morgan fingerprint density at radius 3 is 2.00 bits per heavy atom. The number of benzene rings is 3. The number of azo groups is 1. The van der Waals surface area contributed by atoms with Crippen LogP contribution in [0.15, 0.2) is 100.0 Å². The number of carbonyl (C=O) groups excluding carboxylic acids is 2. The number of H-pyrrole nitrogens is 1. The average molecular weight is 495 g/mol. The molecule has 0 bridgehead atoms. The van der Waals surface area contributed by atoms with Gasteiger partial charge in [0.05, 0.1) is 33.8 Å². The maximum atomic E-state index is 13.7. The van der Waals surface area contributed by atoms with Gasteiger partial charge in [0.15, 0.2) is 5.69 Å². The van der Waals surface area contributed by atoms with E-state index in [2.05, 4.69) is 10.2 Å². The second kappa shape index (κ2) is 9.30. The highest BCUT2D eigenvalue weighted by Crippen LogP contribution is 2.39. The molecule has 0 aliphatic carbocycles. The largest absolute Gasteiger partial charge is 0.490 e. The number of nitro groups is 1. The number of imide groups is 1. The summed E-state index contributed by atoms with van der Waals surface area (Å²) in [6.07, 6.45) is 0. The Labute approximate surface area is 208 Å². The molecule has 37 heavy (non-hydrogen) atoms. The zero-order chi connectivity index (χ0) is 26.1. The van der Waals surface area contributed by atoms with Gasteiger partial charge in [-0.3, -0.25) is 34.4 Å². The van der Waals surface area contributed by atoms with Gasteiger partial charge in [-0.1, -0.05) is 66.7 Å². The molecule has 2 N–H and O–H groups in total. The Morgan fingerprint density at radius 1 is 0.811 bits per heavy atom. The Morgan fingerprint density at radius 2 is 1.41 bits per heavy atom. The van der Waals surface area contributed by atoms with Crippen LogP contribution in [0.5, 0.6) is 5.88 Å². The lowest BCUT2D eigenvalue weighted by Crippen LogP contribution is -2.34. The number of fused-ring (bicyclic) bond motifs is 1. The van der Waals surface area contributed by atoms with Gasteiger partial charge in [-0.15, -0.1) is 10.2 Å². The molecule has 1 aromatic heterocycles. The van der Waals surface area contributed by atoms with Crippen LogP contribution < -0.4 is 5.56 Å². The number of aromatic amines is 1. The molecule has 5 rings (SSSR count). The lowest BCUT2D eigenvalue weighted by molar-refractivity contribution is -0.386. The molecule has 0 unspecified atom stereocenters. The van der Waals surface area contributed by atoms with Gasteiger partial charge in [0.1, 0.15) is 0 Å². The van der Waals surface area contributed by atoms with E-state index in [0.29, 0.717) is 0 Å². The quantitative estimate of drug-likeness (QED) is 0.169. The number of carbonyl (C=O) groups is 2. The minimum Gasteiger partial charge on any atom is -0.490 e. The maximum Gasteiger partial charge on any atom is 0.331 e. The van der Waals surface area contributed by atoms with Gasteiger partial charge in [0.2, 0.25) is 0 Å².